The summed E-state index contributed by atoms with van der Waals surface area (Å²) in [5.41, 5.74) is 1.16. The largest absolute Gasteiger partial charge is 0.371 e. The van der Waals surface area contributed by atoms with E-state index in [2.05, 4.69) is 15.9 Å². The number of rotatable bonds is 3. The Morgan fingerprint density at radius 1 is 1.50 bits per heavy atom. The average molecular weight is 366 g/mol. The van der Waals surface area contributed by atoms with Gasteiger partial charge in [-0.15, -0.1) is 0 Å². The highest BCUT2D eigenvalue weighted by Gasteiger charge is 2.58. The Balaban J connectivity index is 1.92. The van der Waals surface area contributed by atoms with Gasteiger partial charge in [-0.1, -0.05) is 22.9 Å². The molecule has 0 N–H and O–H groups in total. The SMILES string of the molecule is Cc1cc(N(C=O)C(=O)[C@@H]2[C@H](C)C3CCC2(C)O3)ccc1Br. The van der Waals surface area contributed by atoms with E-state index >= 15 is 0 Å². The first-order valence-electron chi connectivity index (χ1n) is 7.60. The lowest BCUT2D eigenvalue weighted by Crippen LogP contribution is -2.47. The third-order valence-corrected chi connectivity index (χ3v) is 6.03. The highest BCUT2D eigenvalue weighted by atomic mass is 79.9. The number of imide groups is 1. The molecule has 22 heavy (non-hydrogen) atoms. The predicted molar refractivity (Wildman–Crippen MR) is 87.6 cm³/mol. The molecule has 0 aliphatic carbocycles. The van der Waals surface area contributed by atoms with Crippen LogP contribution in [0, 0.1) is 18.8 Å². The molecule has 5 heteroatoms. The second kappa shape index (κ2) is 5.46. The molecule has 0 aromatic heterocycles. The summed E-state index contributed by atoms with van der Waals surface area (Å²) in [6.45, 7) is 5.98. The molecule has 2 amide bonds. The lowest BCUT2D eigenvalue weighted by molar-refractivity contribution is -0.129. The number of hydrogen-bond donors (Lipinski definition) is 0. The maximum absolute atomic E-state index is 13.0. The first-order valence-corrected chi connectivity index (χ1v) is 8.39. The molecular weight excluding hydrogens is 346 g/mol. The Bertz CT molecular complexity index is 632. The van der Waals surface area contributed by atoms with Gasteiger partial charge in [0.15, 0.2) is 0 Å². The van der Waals surface area contributed by atoms with Gasteiger partial charge < -0.3 is 4.74 Å². The van der Waals surface area contributed by atoms with Gasteiger partial charge in [0, 0.05) is 4.47 Å². The molecule has 0 radical (unpaired) electrons. The zero-order valence-electron chi connectivity index (χ0n) is 13.0. The number of amides is 2. The van der Waals surface area contributed by atoms with Crippen molar-refractivity contribution >= 4 is 33.9 Å². The minimum absolute atomic E-state index is 0.138. The number of nitrogens with zero attached hydrogens (tertiary/aromatic N) is 1. The van der Waals surface area contributed by atoms with E-state index in [1.807, 2.05) is 32.9 Å². The van der Waals surface area contributed by atoms with E-state index in [0.717, 1.165) is 22.9 Å². The number of fused-ring (bicyclic) bond motifs is 2. The zero-order valence-corrected chi connectivity index (χ0v) is 14.6. The van der Waals surface area contributed by atoms with Crippen molar-refractivity contribution in [2.24, 2.45) is 11.8 Å². The van der Waals surface area contributed by atoms with Crippen LogP contribution in [0.4, 0.5) is 5.69 Å². The third-order valence-electron chi connectivity index (χ3n) is 5.14. The average Bonchev–Trinajstić information content (AvgIpc) is 2.96. The molecule has 4 nitrogen and oxygen atoms in total. The molecule has 3 rings (SSSR count). The van der Waals surface area contributed by atoms with Crippen LogP contribution < -0.4 is 4.90 Å². The summed E-state index contributed by atoms with van der Waals surface area (Å²) in [4.78, 5) is 25.8. The second-order valence-electron chi connectivity index (χ2n) is 6.59. The third kappa shape index (κ3) is 2.31. The van der Waals surface area contributed by atoms with E-state index in [1.165, 1.54) is 4.90 Å². The summed E-state index contributed by atoms with van der Waals surface area (Å²) < 4.78 is 6.96. The quantitative estimate of drug-likeness (QED) is 0.770. The van der Waals surface area contributed by atoms with E-state index < -0.39 is 5.60 Å². The molecule has 2 aliphatic rings. The first-order chi connectivity index (χ1) is 10.4. The van der Waals surface area contributed by atoms with Crippen LogP contribution in [0.3, 0.4) is 0 Å². The zero-order chi connectivity index (χ0) is 16.1. The number of ether oxygens (including phenoxy) is 1. The van der Waals surface area contributed by atoms with Crippen molar-refractivity contribution in [3.63, 3.8) is 0 Å². The molecule has 118 valence electrons. The fraction of sp³-hybridized carbons (Fsp3) is 0.529. The normalized spacial score (nSPS) is 33.0. The minimum atomic E-state index is -0.438. The molecule has 1 aromatic rings. The predicted octanol–water partition coefficient (Wildman–Crippen LogP) is 3.45. The molecule has 0 saturated carbocycles. The maximum Gasteiger partial charge on any atom is 0.239 e. The van der Waals surface area contributed by atoms with Gasteiger partial charge >= 0.3 is 0 Å². The molecule has 0 spiro atoms. The van der Waals surface area contributed by atoms with Crippen molar-refractivity contribution in [3.8, 4) is 0 Å². The smallest absolute Gasteiger partial charge is 0.239 e. The van der Waals surface area contributed by atoms with Gasteiger partial charge in [-0.2, -0.15) is 0 Å². The summed E-state index contributed by atoms with van der Waals surface area (Å²) in [5.74, 6) is -0.278. The van der Waals surface area contributed by atoms with Gasteiger partial charge in [0.2, 0.25) is 12.3 Å². The van der Waals surface area contributed by atoms with Crippen molar-refractivity contribution < 1.29 is 14.3 Å². The molecule has 2 saturated heterocycles. The van der Waals surface area contributed by atoms with Gasteiger partial charge in [0.1, 0.15) is 0 Å². The Morgan fingerprint density at radius 3 is 2.77 bits per heavy atom. The summed E-state index contributed by atoms with van der Waals surface area (Å²) in [7, 11) is 0. The Morgan fingerprint density at radius 2 is 2.23 bits per heavy atom. The lowest BCUT2D eigenvalue weighted by atomic mass is 9.72. The van der Waals surface area contributed by atoms with Gasteiger partial charge in [-0.25, -0.2) is 0 Å². The number of aryl methyl sites for hydroxylation is 1. The van der Waals surface area contributed by atoms with Crippen molar-refractivity contribution in [1.29, 1.82) is 0 Å². The van der Waals surface area contributed by atoms with Crippen LogP contribution >= 0.6 is 15.9 Å². The maximum atomic E-state index is 13.0. The van der Waals surface area contributed by atoms with Crippen LogP contribution in [0.5, 0.6) is 0 Å². The molecule has 4 atom stereocenters. The van der Waals surface area contributed by atoms with Crippen molar-refractivity contribution in [1.82, 2.24) is 0 Å². The standard InChI is InChI=1S/C17H20BrNO3/c1-10-8-12(4-5-13(10)18)19(9-20)16(21)15-11(2)14-6-7-17(15,3)22-14/h4-5,8-9,11,14-15H,6-7H2,1-3H3/t11-,14?,15+,17?/m1/s1. The topological polar surface area (TPSA) is 46.6 Å². The van der Waals surface area contributed by atoms with E-state index in [-0.39, 0.29) is 23.8 Å². The number of carbonyl (C=O) groups excluding carboxylic acids is 2. The number of halogens is 1. The molecular formula is C17H20BrNO3. The lowest BCUT2D eigenvalue weighted by Gasteiger charge is -2.33. The van der Waals surface area contributed by atoms with Crippen molar-refractivity contribution in [3.05, 3.63) is 28.2 Å². The van der Waals surface area contributed by atoms with E-state index in [9.17, 15) is 9.59 Å². The Labute approximate surface area is 138 Å². The molecule has 1 aromatic carbocycles. The highest BCUT2D eigenvalue weighted by Crippen LogP contribution is 2.51. The number of carbonyl (C=O) groups is 2. The summed E-state index contributed by atoms with van der Waals surface area (Å²) >= 11 is 3.44. The minimum Gasteiger partial charge on any atom is -0.371 e. The van der Waals surface area contributed by atoms with E-state index in [4.69, 9.17) is 4.74 Å². The fourth-order valence-electron chi connectivity index (χ4n) is 3.92. The molecule has 2 bridgehead atoms. The van der Waals surface area contributed by atoms with E-state index in [1.54, 1.807) is 6.07 Å². The highest BCUT2D eigenvalue weighted by molar-refractivity contribution is 9.10. The van der Waals surface area contributed by atoms with Crippen LogP contribution in [0.2, 0.25) is 0 Å². The van der Waals surface area contributed by atoms with E-state index in [0.29, 0.717) is 12.1 Å². The van der Waals surface area contributed by atoms with Crippen LogP contribution in [-0.4, -0.2) is 24.0 Å². The molecule has 2 aliphatic heterocycles. The number of anilines is 1. The number of hydrogen-bond acceptors (Lipinski definition) is 3. The fourth-order valence-corrected chi connectivity index (χ4v) is 4.16. The van der Waals surface area contributed by atoms with Crippen LogP contribution in [0.25, 0.3) is 0 Å². The Hall–Kier alpha value is -1.20. The molecule has 2 fully saturated rings. The van der Waals surface area contributed by atoms with Crippen molar-refractivity contribution in [2.45, 2.75) is 45.3 Å². The second-order valence-corrected chi connectivity index (χ2v) is 7.45. The summed E-state index contributed by atoms with van der Waals surface area (Å²) in [6.07, 6.45) is 2.64. The van der Waals surface area contributed by atoms with Crippen LogP contribution in [-0.2, 0) is 14.3 Å². The van der Waals surface area contributed by atoms with Gasteiger partial charge in [0.05, 0.1) is 23.3 Å². The molecule has 2 unspecified atom stereocenters. The number of benzene rings is 1. The summed E-state index contributed by atoms with van der Waals surface area (Å²) in [5, 5.41) is 0. The van der Waals surface area contributed by atoms with Crippen molar-refractivity contribution in [2.75, 3.05) is 4.90 Å². The van der Waals surface area contributed by atoms with Gasteiger partial charge in [-0.05, 0) is 56.4 Å². The summed E-state index contributed by atoms with van der Waals surface area (Å²) in [6, 6.07) is 5.48. The van der Waals surface area contributed by atoms with Crippen LogP contribution in [0.15, 0.2) is 22.7 Å². The first kappa shape index (κ1) is 15.7. The van der Waals surface area contributed by atoms with Crippen LogP contribution in [0.1, 0.15) is 32.3 Å². The van der Waals surface area contributed by atoms with Gasteiger partial charge in [0.25, 0.3) is 0 Å². The molecule has 2 heterocycles. The monoisotopic (exact) mass is 365 g/mol. The van der Waals surface area contributed by atoms with Gasteiger partial charge in [-0.3, -0.25) is 14.5 Å². The Kier molecular flexibility index (Phi) is 3.89.